The molecular formula is C15H18. The quantitative estimate of drug-likeness (QED) is 0.661. The number of hydrogen-bond donors (Lipinski definition) is 0. The summed E-state index contributed by atoms with van der Waals surface area (Å²) in [5, 5.41) is 0. The summed E-state index contributed by atoms with van der Waals surface area (Å²) < 4.78 is 0. The van der Waals surface area contributed by atoms with E-state index in [1.54, 1.807) is 0 Å². The minimum Gasteiger partial charge on any atom is -0.0839 e. The highest BCUT2D eigenvalue weighted by molar-refractivity contribution is 5.36. The molecule has 1 aliphatic carbocycles. The van der Waals surface area contributed by atoms with Crippen LogP contribution < -0.4 is 0 Å². The maximum absolute atomic E-state index is 2.37. The highest BCUT2D eigenvalue weighted by Crippen LogP contribution is 2.27. The second-order valence-corrected chi connectivity index (χ2v) is 4.32. The molecule has 0 bridgehead atoms. The van der Waals surface area contributed by atoms with E-state index < -0.39 is 0 Å². The van der Waals surface area contributed by atoms with Crippen molar-refractivity contribution in [2.45, 2.75) is 32.6 Å². The summed E-state index contributed by atoms with van der Waals surface area (Å²) in [6.45, 7) is 4.42. The van der Waals surface area contributed by atoms with E-state index >= 15 is 0 Å². The molecule has 0 spiro atoms. The molecule has 0 amide bonds. The molecule has 1 atom stereocenters. The van der Waals surface area contributed by atoms with Gasteiger partial charge in [-0.3, -0.25) is 0 Å². The molecule has 0 aromatic heterocycles. The molecule has 1 aromatic rings. The van der Waals surface area contributed by atoms with Gasteiger partial charge in [-0.25, -0.2) is 0 Å². The van der Waals surface area contributed by atoms with Crippen molar-refractivity contribution in [3.63, 3.8) is 0 Å². The Labute approximate surface area is 92.3 Å². The number of allylic oxidation sites excluding steroid dienone is 4. The van der Waals surface area contributed by atoms with Gasteiger partial charge in [0.1, 0.15) is 0 Å². The molecule has 0 fully saturated rings. The van der Waals surface area contributed by atoms with Crippen LogP contribution in [0, 0.1) is 6.92 Å². The van der Waals surface area contributed by atoms with Crippen LogP contribution in [0.3, 0.4) is 0 Å². The first-order valence-corrected chi connectivity index (χ1v) is 5.70. The zero-order valence-corrected chi connectivity index (χ0v) is 9.53. The minimum atomic E-state index is 0.530. The molecule has 2 rings (SSSR count). The Morgan fingerprint density at radius 1 is 1.07 bits per heavy atom. The van der Waals surface area contributed by atoms with Crippen LogP contribution in [0.2, 0.25) is 0 Å². The van der Waals surface area contributed by atoms with Gasteiger partial charge in [0.15, 0.2) is 0 Å². The molecule has 0 radical (unpaired) electrons. The Morgan fingerprint density at radius 3 is 2.40 bits per heavy atom. The topological polar surface area (TPSA) is 0 Å². The highest BCUT2D eigenvalue weighted by atomic mass is 14.1. The molecule has 15 heavy (non-hydrogen) atoms. The van der Waals surface area contributed by atoms with Crippen molar-refractivity contribution in [1.29, 1.82) is 0 Å². The molecule has 0 nitrogen and oxygen atoms in total. The van der Waals surface area contributed by atoms with E-state index in [1.165, 1.54) is 29.5 Å². The predicted octanol–water partition coefficient (Wildman–Crippen LogP) is 4.37. The van der Waals surface area contributed by atoms with Crippen LogP contribution in [0.5, 0.6) is 0 Å². The SMILES string of the molecule is Cc1ccc(C(C)C2=CCCC=C2)cc1. The van der Waals surface area contributed by atoms with Gasteiger partial charge >= 0.3 is 0 Å². The van der Waals surface area contributed by atoms with Crippen LogP contribution in [-0.4, -0.2) is 0 Å². The van der Waals surface area contributed by atoms with Crippen molar-refractivity contribution in [1.82, 2.24) is 0 Å². The van der Waals surface area contributed by atoms with E-state index in [-0.39, 0.29) is 0 Å². The van der Waals surface area contributed by atoms with Crippen LogP contribution in [0.25, 0.3) is 0 Å². The largest absolute Gasteiger partial charge is 0.0839 e. The van der Waals surface area contributed by atoms with Gasteiger partial charge in [0.05, 0.1) is 0 Å². The third-order valence-electron chi connectivity index (χ3n) is 3.10. The van der Waals surface area contributed by atoms with Crippen LogP contribution in [0.15, 0.2) is 48.1 Å². The van der Waals surface area contributed by atoms with Gasteiger partial charge < -0.3 is 0 Å². The van der Waals surface area contributed by atoms with Crippen molar-refractivity contribution < 1.29 is 0 Å². The number of benzene rings is 1. The average Bonchev–Trinajstić information content (AvgIpc) is 2.30. The zero-order valence-electron chi connectivity index (χ0n) is 9.53. The lowest BCUT2D eigenvalue weighted by Crippen LogP contribution is -1.98. The number of hydrogen-bond acceptors (Lipinski definition) is 0. The highest BCUT2D eigenvalue weighted by Gasteiger charge is 2.09. The molecule has 78 valence electrons. The molecule has 0 aliphatic heterocycles. The summed E-state index contributed by atoms with van der Waals surface area (Å²) in [5.41, 5.74) is 4.21. The van der Waals surface area contributed by atoms with Crippen molar-refractivity contribution >= 4 is 0 Å². The van der Waals surface area contributed by atoms with Crippen LogP contribution >= 0.6 is 0 Å². The van der Waals surface area contributed by atoms with E-state index in [0.29, 0.717) is 5.92 Å². The standard InChI is InChI=1S/C15H18/c1-12-8-10-15(11-9-12)13(2)14-6-4-3-5-7-14/h4,6-11,13H,3,5H2,1-2H3. The van der Waals surface area contributed by atoms with Gasteiger partial charge in [-0.1, -0.05) is 55.0 Å². The minimum absolute atomic E-state index is 0.530. The Kier molecular flexibility index (Phi) is 3.05. The maximum atomic E-state index is 2.37. The van der Waals surface area contributed by atoms with Gasteiger partial charge in [0.2, 0.25) is 0 Å². The van der Waals surface area contributed by atoms with E-state index in [4.69, 9.17) is 0 Å². The van der Waals surface area contributed by atoms with E-state index in [0.717, 1.165) is 0 Å². The van der Waals surface area contributed by atoms with Crippen molar-refractivity contribution in [3.8, 4) is 0 Å². The molecule has 1 aromatic carbocycles. The van der Waals surface area contributed by atoms with Crippen molar-refractivity contribution in [2.24, 2.45) is 0 Å². The fourth-order valence-electron chi connectivity index (χ4n) is 2.00. The van der Waals surface area contributed by atoms with Crippen LogP contribution in [-0.2, 0) is 0 Å². The smallest absolute Gasteiger partial charge is 0.00577 e. The predicted molar refractivity (Wildman–Crippen MR) is 66.1 cm³/mol. The number of aryl methyl sites for hydroxylation is 1. The Balaban J connectivity index is 2.20. The lowest BCUT2D eigenvalue weighted by atomic mass is 9.89. The fourth-order valence-corrected chi connectivity index (χ4v) is 2.00. The summed E-state index contributed by atoms with van der Waals surface area (Å²) >= 11 is 0. The maximum Gasteiger partial charge on any atom is 0.00577 e. The lowest BCUT2D eigenvalue weighted by molar-refractivity contribution is 0.882. The molecule has 0 saturated carbocycles. The Bertz CT molecular complexity index is 379. The first-order valence-electron chi connectivity index (χ1n) is 5.70. The molecular weight excluding hydrogens is 180 g/mol. The summed E-state index contributed by atoms with van der Waals surface area (Å²) in [6.07, 6.45) is 9.31. The molecule has 0 saturated heterocycles. The molecule has 0 heteroatoms. The van der Waals surface area contributed by atoms with Crippen LogP contribution in [0.1, 0.15) is 36.8 Å². The van der Waals surface area contributed by atoms with Gasteiger partial charge in [-0.15, -0.1) is 0 Å². The van der Waals surface area contributed by atoms with E-state index in [1.807, 2.05) is 0 Å². The van der Waals surface area contributed by atoms with Gasteiger partial charge in [0, 0.05) is 5.92 Å². The summed E-state index contributed by atoms with van der Waals surface area (Å²) in [5.74, 6) is 0.530. The van der Waals surface area contributed by atoms with E-state index in [9.17, 15) is 0 Å². The van der Waals surface area contributed by atoms with Crippen molar-refractivity contribution in [3.05, 3.63) is 59.2 Å². The van der Waals surface area contributed by atoms with Crippen LogP contribution in [0.4, 0.5) is 0 Å². The van der Waals surface area contributed by atoms with Gasteiger partial charge in [-0.2, -0.15) is 0 Å². The van der Waals surface area contributed by atoms with E-state index in [2.05, 4.69) is 56.3 Å². The average molecular weight is 198 g/mol. The van der Waals surface area contributed by atoms with Gasteiger partial charge in [0.25, 0.3) is 0 Å². The number of rotatable bonds is 2. The second-order valence-electron chi connectivity index (χ2n) is 4.32. The Hall–Kier alpha value is -1.30. The van der Waals surface area contributed by atoms with Gasteiger partial charge in [-0.05, 0) is 30.9 Å². The fraction of sp³-hybridized carbons (Fsp3) is 0.333. The molecule has 0 N–H and O–H groups in total. The first-order chi connectivity index (χ1) is 7.27. The Morgan fingerprint density at radius 2 is 1.80 bits per heavy atom. The third-order valence-corrected chi connectivity index (χ3v) is 3.10. The zero-order chi connectivity index (χ0) is 10.7. The molecule has 0 heterocycles. The normalized spacial score (nSPS) is 17.3. The summed E-state index contributed by atoms with van der Waals surface area (Å²) in [4.78, 5) is 0. The summed E-state index contributed by atoms with van der Waals surface area (Å²) in [6, 6.07) is 8.87. The second kappa shape index (κ2) is 4.48. The molecule has 1 aliphatic rings. The van der Waals surface area contributed by atoms with Crippen molar-refractivity contribution in [2.75, 3.05) is 0 Å². The third kappa shape index (κ3) is 2.38. The first kappa shape index (κ1) is 10.2. The monoisotopic (exact) mass is 198 g/mol. The molecule has 1 unspecified atom stereocenters. The lowest BCUT2D eigenvalue weighted by Gasteiger charge is -2.16. The summed E-state index contributed by atoms with van der Waals surface area (Å²) in [7, 11) is 0.